The summed E-state index contributed by atoms with van der Waals surface area (Å²) in [4.78, 5) is 20.0. The topological polar surface area (TPSA) is 60.0 Å². The van der Waals surface area contributed by atoms with Gasteiger partial charge in [-0.1, -0.05) is 6.92 Å². The van der Waals surface area contributed by atoms with Crippen LogP contribution in [0.25, 0.3) is 0 Å². The van der Waals surface area contributed by atoms with Crippen molar-refractivity contribution in [2.24, 2.45) is 10.9 Å². The van der Waals surface area contributed by atoms with E-state index in [2.05, 4.69) is 27.4 Å². The van der Waals surface area contributed by atoms with E-state index in [0.29, 0.717) is 5.92 Å². The third-order valence-electron chi connectivity index (χ3n) is 3.60. The number of hydrogen-bond acceptors (Lipinski definition) is 3. The average molecular weight is 297 g/mol. The minimum atomic E-state index is 0.0114. The maximum Gasteiger partial charge on any atom is 0.243 e. The van der Waals surface area contributed by atoms with Gasteiger partial charge < -0.3 is 20.4 Å². The molecule has 1 unspecified atom stereocenters. The number of likely N-dealkylation sites (tertiary alicyclic amines) is 1. The van der Waals surface area contributed by atoms with Crippen molar-refractivity contribution in [3.8, 4) is 0 Å². The minimum Gasteiger partial charge on any atom is -0.357 e. The quantitative estimate of drug-likeness (QED) is 0.526. The normalized spacial score (nSPS) is 17.6. The Kier molecular flexibility index (Phi) is 8.12. The lowest BCUT2D eigenvalue weighted by Gasteiger charge is -2.21. The summed E-state index contributed by atoms with van der Waals surface area (Å²) < 4.78 is 0. The Labute approximate surface area is 129 Å². The Balaban J connectivity index is 2.34. The molecule has 6 nitrogen and oxygen atoms in total. The van der Waals surface area contributed by atoms with Crippen LogP contribution in [0.1, 0.15) is 26.7 Å². The van der Waals surface area contributed by atoms with Crippen molar-refractivity contribution < 1.29 is 4.79 Å². The van der Waals surface area contributed by atoms with Gasteiger partial charge in [-0.15, -0.1) is 0 Å². The van der Waals surface area contributed by atoms with Gasteiger partial charge in [-0.25, -0.2) is 4.99 Å². The van der Waals surface area contributed by atoms with E-state index in [4.69, 9.17) is 0 Å². The zero-order chi connectivity index (χ0) is 15.7. The Hall–Kier alpha value is -1.30. The third-order valence-corrected chi connectivity index (χ3v) is 3.60. The zero-order valence-electron chi connectivity index (χ0n) is 14.0. The number of likely N-dealkylation sites (N-methyl/N-ethyl adjacent to an activating group) is 1. The number of carbonyl (C=O) groups excluding carboxylic acids is 1. The smallest absolute Gasteiger partial charge is 0.243 e. The van der Waals surface area contributed by atoms with E-state index in [-0.39, 0.29) is 12.5 Å². The largest absolute Gasteiger partial charge is 0.357 e. The molecule has 0 aromatic rings. The Bertz CT molecular complexity index is 337. The maximum atomic E-state index is 11.6. The number of nitrogens with one attached hydrogen (secondary N) is 2. The monoisotopic (exact) mass is 297 g/mol. The van der Waals surface area contributed by atoms with Crippen LogP contribution >= 0.6 is 0 Å². The zero-order valence-corrected chi connectivity index (χ0v) is 14.0. The molecule has 1 aliphatic heterocycles. The van der Waals surface area contributed by atoms with Crippen LogP contribution in [0, 0.1) is 5.92 Å². The fourth-order valence-electron chi connectivity index (χ4n) is 2.37. The van der Waals surface area contributed by atoms with Crippen LogP contribution < -0.4 is 10.6 Å². The van der Waals surface area contributed by atoms with E-state index in [1.807, 2.05) is 6.92 Å². The highest BCUT2D eigenvalue weighted by Crippen LogP contribution is 2.09. The van der Waals surface area contributed by atoms with Crippen LogP contribution in [-0.2, 0) is 4.79 Å². The number of nitrogens with zero attached hydrogens (tertiary/aromatic N) is 3. The van der Waals surface area contributed by atoms with Gasteiger partial charge in [0, 0.05) is 33.7 Å². The lowest BCUT2D eigenvalue weighted by Crippen LogP contribution is -2.42. The predicted molar refractivity (Wildman–Crippen MR) is 87.5 cm³/mol. The molecule has 1 saturated heterocycles. The first-order chi connectivity index (χ1) is 10.0. The van der Waals surface area contributed by atoms with Crippen LogP contribution in [0.15, 0.2) is 4.99 Å². The van der Waals surface area contributed by atoms with Gasteiger partial charge in [-0.05, 0) is 38.8 Å². The molecule has 1 atom stereocenters. The first-order valence-electron chi connectivity index (χ1n) is 7.97. The van der Waals surface area contributed by atoms with Gasteiger partial charge >= 0.3 is 0 Å². The molecule has 1 fully saturated rings. The fourth-order valence-corrected chi connectivity index (χ4v) is 2.37. The summed E-state index contributed by atoms with van der Waals surface area (Å²) in [5.74, 6) is 1.30. The van der Waals surface area contributed by atoms with Gasteiger partial charge in [0.1, 0.15) is 6.54 Å². The molecule has 1 aliphatic rings. The molecule has 21 heavy (non-hydrogen) atoms. The first-order valence-corrected chi connectivity index (χ1v) is 7.97. The van der Waals surface area contributed by atoms with Crippen molar-refractivity contribution in [3.05, 3.63) is 0 Å². The number of hydrogen-bond donors (Lipinski definition) is 2. The first kappa shape index (κ1) is 17.8. The van der Waals surface area contributed by atoms with Crippen molar-refractivity contribution in [2.45, 2.75) is 26.7 Å². The van der Waals surface area contributed by atoms with Crippen molar-refractivity contribution in [2.75, 3.05) is 53.4 Å². The van der Waals surface area contributed by atoms with Gasteiger partial charge in [0.25, 0.3) is 0 Å². The summed E-state index contributed by atoms with van der Waals surface area (Å²) in [5.41, 5.74) is 0. The highest BCUT2D eigenvalue weighted by atomic mass is 16.2. The van der Waals surface area contributed by atoms with Gasteiger partial charge in [-0.3, -0.25) is 4.79 Å². The number of aliphatic imine (C=N–C) groups is 1. The number of rotatable bonds is 7. The van der Waals surface area contributed by atoms with Crippen LogP contribution in [0.5, 0.6) is 0 Å². The van der Waals surface area contributed by atoms with E-state index in [0.717, 1.165) is 25.6 Å². The predicted octanol–water partition coefficient (Wildman–Crippen LogP) is 0.362. The maximum absolute atomic E-state index is 11.6. The highest BCUT2D eigenvalue weighted by molar-refractivity contribution is 5.84. The van der Waals surface area contributed by atoms with E-state index >= 15 is 0 Å². The van der Waals surface area contributed by atoms with Crippen LogP contribution in [0.4, 0.5) is 0 Å². The molecular formula is C15H31N5O. The summed E-state index contributed by atoms with van der Waals surface area (Å²) in [6.45, 7) is 9.72. The molecule has 1 heterocycles. The number of carbonyl (C=O) groups is 1. The molecule has 122 valence electrons. The van der Waals surface area contributed by atoms with Crippen LogP contribution in [0.3, 0.4) is 0 Å². The Morgan fingerprint density at radius 2 is 1.95 bits per heavy atom. The van der Waals surface area contributed by atoms with Crippen molar-refractivity contribution in [1.82, 2.24) is 20.4 Å². The molecule has 1 amide bonds. The molecule has 0 radical (unpaired) electrons. The number of guanidine groups is 1. The van der Waals surface area contributed by atoms with Crippen molar-refractivity contribution in [3.63, 3.8) is 0 Å². The molecule has 1 rings (SSSR count). The lowest BCUT2D eigenvalue weighted by atomic mass is 10.1. The Morgan fingerprint density at radius 3 is 2.52 bits per heavy atom. The average Bonchev–Trinajstić information content (AvgIpc) is 2.94. The van der Waals surface area contributed by atoms with Crippen molar-refractivity contribution in [1.29, 1.82) is 0 Å². The molecule has 0 bridgehead atoms. The molecule has 2 N–H and O–H groups in total. The molecular weight excluding hydrogens is 266 g/mol. The van der Waals surface area contributed by atoms with Gasteiger partial charge in [0.15, 0.2) is 5.96 Å². The second-order valence-electron chi connectivity index (χ2n) is 5.98. The fraction of sp³-hybridized carbons (Fsp3) is 0.867. The van der Waals surface area contributed by atoms with E-state index in [9.17, 15) is 4.79 Å². The minimum absolute atomic E-state index is 0.0114. The molecule has 6 heteroatoms. The van der Waals surface area contributed by atoms with E-state index in [1.54, 1.807) is 19.0 Å². The second kappa shape index (κ2) is 9.60. The summed E-state index contributed by atoms with van der Waals surface area (Å²) in [6, 6.07) is 0. The molecule has 0 spiro atoms. The van der Waals surface area contributed by atoms with Gasteiger partial charge in [0.2, 0.25) is 5.91 Å². The van der Waals surface area contributed by atoms with Gasteiger partial charge in [0.05, 0.1) is 0 Å². The molecule has 0 saturated carbocycles. The standard InChI is InChI=1S/C15H31N5O/c1-5-16-15(18-11-14(21)19(3)4)17-10-13(2)12-20-8-6-7-9-20/h13H,5-12H2,1-4H3,(H2,16,17,18). The summed E-state index contributed by atoms with van der Waals surface area (Å²) in [5, 5.41) is 6.51. The SMILES string of the molecule is CCNC(=NCC(=O)N(C)C)NCC(C)CN1CCCC1. The van der Waals surface area contributed by atoms with Gasteiger partial charge in [-0.2, -0.15) is 0 Å². The highest BCUT2D eigenvalue weighted by Gasteiger charge is 2.14. The molecule has 0 aromatic heterocycles. The molecule has 0 aliphatic carbocycles. The van der Waals surface area contributed by atoms with Crippen LogP contribution in [-0.4, -0.2) is 75.0 Å². The second-order valence-corrected chi connectivity index (χ2v) is 5.98. The Morgan fingerprint density at radius 1 is 1.29 bits per heavy atom. The third kappa shape index (κ3) is 7.32. The summed E-state index contributed by atoms with van der Waals surface area (Å²) in [7, 11) is 3.49. The lowest BCUT2D eigenvalue weighted by molar-refractivity contribution is -0.127. The van der Waals surface area contributed by atoms with Crippen molar-refractivity contribution >= 4 is 11.9 Å². The number of amides is 1. The molecule has 0 aromatic carbocycles. The summed E-state index contributed by atoms with van der Waals surface area (Å²) in [6.07, 6.45) is 2.66. The van der Waals surface area contributed by atoms with E-state index < -0.39 is 0 Å². The van der Waals surface area contributed by atoms with Crippen LogP contribution in [0.2, 0.25) is 0 Å². The summed E-state index contributed by atoms with van der Waals surface area (Å²) >= 11 is 0. The van der Waals surface area contributed by atoms with E-state index in [1.165, 1.54) is 25.9 Å².